The summed E-state index contributed by atoms with van der Waals surface area (Å²) in [5.41, 5.74) is 3.59. The fourth-order valence-electron chi connectivity index (χ4n) is 3.72. The molecule has 8 nitrogen and oxygen atoms in total. The number of aliphatic imine (C=N–C) groups is 1. The smallest absolute Gasteiger partial charge is 0.191 e. The third-order valence-electron chi connectivity index (χ3n) is 5.43. The van der Waals surface area contributed by atoms with Crippen LogP contribution < -0.4 is 10.6 Å². The number of rotatable bonds is 8. The molecule has 1 aliphatic heterocycles. The average Bonchev–Trinajstić information content (AvgIpc) is 3.32. The summed E-state index contributed by atoms with van der Waals surface area (Å²) >= 11 is 0. The molecule has 0 spiro atoms. The molecule has 0 atom stereocenters. The van der Waals surface area contributed by atoms with E-state index in [0.717, 1.165) is 56.9 Å². The molecule has 2 N–H and O–H groups in total. The number of nitrogens with one attached hydrogen (secondary N) is 2. The van der Waals surface area contributed by atoms with Gasteiger partial charge in [-0.15, -0.1) is 10.2 Å². The minimum atomic E-state index is 0.524. The maximum Gasteiger partial charge on any atom is 0.191 e. The molecule has 1 aliphatic rings. The Kier molecular flexibility index (Phi) is 7.84. The van der Waals surface area contributed by atoms with E-state index in [0.29, 0.717) is 13.1 Å². The minimum absolute atomic E-state index is 0.524. The van der Waals surface area contributed by atoms with E-state index in [9.17, 15) is 0 Å². The van der Waals surface area contributed by atoms with Crippen LogP contribution >= 0.6 is 0 Å². The van der Waals surface area contributed by atoms with Crippen LogP contribution in [0.3, 0.4) is 0 Å². The topological polar surface area (TPSA) is 79.6 Å². The van der Waals surface area contributed by atoms with E-state index in [1.165, 1.54) is 11.1 Å². The molecular weight excluding hydrogens is 402 g/mol. The Labute approximate surface area is 189 Å². The van der Waals surface area contributed by atoms with Gasteiger partial charge in [-0.05, 0) is 30.2 Å². The van der Waals surface area contributed by atoms with Crippen molar-refractivity contribution in [2.45, 2.75) is 26.6 Å². The third kappa shape index (κ3) is 5.93. The first-order valence-corrected chi connectivity index (χ1v) is 11.2. The highest BCUT2D eigenvalue weighted by molar-refractivity contribution is 5.79. The Morgan fingerprint density at radius 3 is 2.53 bits per heavy atom. The lowest BCUT2D eigenvalue weighted by Crippen LogP contribution is -2.37. The Morgan fingerprint density at radius 1 is 1.00 bits per heavy atom. The lowest BCUT2D eigenvalue weighted by atomic mass is 10.1. The molecule has 2 heterocycles. The molecule has 168 valence electrons. The SMILES string of the molecule is CCNC(=NCc1ccccc1CN1CCOCC1)NCc1nncn1-c1ccccc1. The van der Waals surface area contributed by atoms with E-state index in [4.69, 9.17) is 9.73 Å². The van der Waals surface area contributed by atoms with Crippen molar-refractivity contribution in [3.05, 3.63) is 77.9 Å². The van der Waals surface area contributed by atoms with Crippen molar-refractivity contribution in [1.82, 2.24) is 30.3 Å². The van der Waals surface area contributed by atoms with Gasteiger partial charge in [-0.25, -0.2) is 4.99 Å². The zero-order chi connectivity index (χ0) is 22.0. The molecule has 8 heteroatoms. The summed E-state index contributed by atoms with van der Waals surface area (Å²) in [5, 5.41) is 15.1. The number of guanidine groups is 1. The number of aromatic nitrogens is 3. The van der Waals surface area contributed by atoms with Crippen molar-refractivity contribution in [3.63, 3.8) is 0 Å². The first kappa shape index (κ1) is 22.0. The summed E-state index contributed by atoms with van der Waals surface area (Å²) in [6, 6.07) is 18.6. The van der Waals surface area contributed by atoms with Crippen molar-refractivity contribution in [3.8, 4) is 5.69 Å². The van der Waals surface area contributed by atoms with Crippen LogP contribution in [0.5, 0.6) is 0 Å². The van der Waals surface area contributed by atoms with Gasteiger partial charge in [0, 0.05) is 31.9 Å². The van der Waals surface area contributed by atoms with E-state index < -0.39 is 0 Å². The molecule has 4 rings (SSSR count). The Bertz CT molecular complexity index is 996. The van der Waals surface area contributed by atoms with Gasteiger partial charge in [-0.3, -0.25) is 9.47 Å². The van der Waals surface area contributed by atoms with Crippen molar-refractivity contribution >= 4 is 5.96 Å². The van der Waals surface area contributed by atoms with Crippen LogP contribution in [-0.2, 0) is 24.4 Å². The van der Waals surface area contributed by atoms with Gasteiger partial charge in [0.1, 0.15) is 6.33 Å². The van der Waals surface area contributed by atoms with Gasteiger partial charge in [0.25, 0.3) is 0 Å². The van der Waals surface area contributed by atoms with Gasteiger partial charge in [0.2, 0.25) is 0 Å². The Hall–Kier alpha value is -3.23. The van der Waals surface area contributed by atoms with Gasteiger partial charge < -0.3 is 15.4 Å². The van der Waals surface area contributed by atoms with Gasteiger partial charge in [-0.2, -0.15) is 0 Å². The van der Waals surface area contributed by atoms with Crippen LogP contribution in [-0.4, -0.2) is 58.5 Å². The molecular formula is C24H31N7O. The highest BCUT2D eigenvalue weighted by Gasteiger charge is 2.13. The second-order valence-electron chi connectivity index (χ2n) is 7.66. The molecule has 0 saturated carbocycles. The van der Waals surface area contributed by atoms with Crippen LogP contribution in [0.25, 0.3) is 5.69 Å². The predicted octanol–water partition coefficient (Wildman–Crippen LogP) is 2.35. The summed E-state index contributed by atoms with van der Waals surface area (Å²) in [6.07, 6.45) is 1.73. The monoisotopic (exact) mass is 433 g/mol. The number of hydrogen-bond donors (Lipinski definition) is 2. The summed E-state index contributed by atoms with van der Waals surface area (Å²) in [6.45, 7) is 8.48. The van der Waals surface area contributed by atoms with Crippen molar-refractivity contribution in [1.29, 1.82) is 0 Å². The second kappa shape index (κ2) is 11.4. The number of ether oxygens (including phenoxy) is 1. The lowest BCUT2D eigenvalue weighted by molar-refractivity contribution is 0.0341. The second-order valence-corrected chi connectivity index (χ2v) is 7.66. The van der Waals surface area contributed by atoms with E-state index >= 15 is 0 Å². The van der Waals surface area contributed by atoms with Crippen LogP contribution in [0.2, 0.25) is 0 Å². The molecule has 0 radical (unpaired) electrons. The zero-order valence-corrected chi connectivity index (χ0v) is 18.6. The lowest BCUT2D eigenvalue weighted by Gasteiger charge is -2.27. The van der Waals surface area contributed by atoms with Crippen molar-refractivity contribution in [2.75, 3.05) is 32.8 Å². The number of morpholine rings is 1. The maximum absolute atomic E-state index is 5.48. The quantitative estimate of drug-likeness (QED) is 0.419. The number of nitrogens with zero attached hydrogens (tertiary/aromatic N) is 5. The Balaban J connectivity index is 1.42. The molecule has 0 aliphatic carbocycles. The predicted molar refractivity (Wildman–Crippen MR) is 126 cm³/mol. The fraction of sp³-hybridized carbons (Fsp3) is 0.375. The van der Waals surface area contributed by atoms with Crippen LogP contribution in [0, 0.1) is 0 Å². The van der Waals surface area contributed by atoms with E-state index in [1.807, 2.05) is 34.9 Å². The third-order valence-corrected chi connectivity index (χ3v) is 5.43. The minimum Gasteiger partial charge on any atom is -0.379 e. The molecule has 2 aromatic carbocycles. The van der Waals surface area contributed by atoms with Gasteiger partial charge >= 0.3 is 0 Å². The highest BCUT2D eigenvalue weighted by atomic mass is 16.5. The maximum atomic E-state index is 5.48. The first-order valence-electron chi connectivity index (χ1n) is 11.2. The van der Waals surface area contributed by atoms with Crippen molar-refractivity contribution in [2.24, 2.45) is 4.99 Å². The molecule has 1 saturated heterocycles. The molecule has 0 bridgehead atoms. The normalized spacial score (nSPS) is 15.0. The van der Waals surface area contributed by atoms with Crippen molar-refractivity contribution < 1.29 is 4.74 Å². The zero-order valence-electron chi connectivity index (χ0n) is 18.6. The summed E-state index contributed by atoms with van der Waals surface area (Å²) in [4.78, 5) is 7.27. The number of hydrogen-bond acceptors (Lipinski definition) is 5. The average molecular weight is 434 g/mol. The Morgan fingerprint density at radius 2 is 1.75 bits per heavy atom. The van der Waals surface area contributed by atoms with E-state index in [2.05, 4.69) is 56.9 Å². The number of benzene rings is 2. The standard InChI is InChI=1S/C24H31N7O/c1-2-25-24(27-17-23-29-28-19-31(23)22-10-4-3-5-11-22)26-16-20-8-6-7-9-21(20)18-30-12-14-32-15-13-30/h3-11,19H,2,12-18H2,1H3,(H2,25,26,27). The van der Waals surface area contributed by atoms with Crippen LogP contribution in [0.15, 0.2) is 65.9 Å². The summed E-state index contributed by atoms with van der Waals surface area (Å²) in [5.74, 6) is 1.59. The number of para-hydroxylation sites is 1. The highest BCUT2D eigenvalue weighted by Crippen LogP contribution is 2.14. The van der Waals surface area contributed by atoms with Gasteiger partial charge in [0.05, 0.1) is 26.3 Å². The molecule has 1 fully saturated rings. The van der Waals surface area contributed by atoms with Gasteiger partial charge in [0.15, 0.2) is 11.8 Å². The fourth-order valence-corrected chi connectivity index (χ4v) is 3.72. The first-order chi connectivity index (χ1) is 15.8. The molecule has 3 aromatic rings. The van der Waals surface area contributed by atoms with E-state index in [1.54, 1.807) is 6.33 Å². The largest absolute Gasteiger partial charge is 0.379 e. The van der Waals surface area contributed by atoms with Crippen LogP contribution in [0.1, 0.15) is 23.9 Å². The van der Waals surface area contributed by atoms with Crippen LogP contribution in [0.4, 0.5) is 0 Å². The summed E-state index contributed by atoms with van der Waals surface area (Å²) in [7, 11) is 0. The molecule has 1 aromatic heterocycles. The van der Waals surface area contributed by atoms with E-state index in [-0.39, 0.29) is 0 Å². The molecule has 0 unspecified atom stereocenters. The molecule has 32 heavy (non-hydrogen) atoms. The van der Waals surface area contributed by atoms with Gasteiger partial charge in [-0.1, -0.05) is 42.5 Å². The summed E-state index contributed by atoms with van der Waals surface area (Å²) < 4.78 is 7.46. The molecule has 0 amide bonds.